The summed E-state index contributed by atoms with van der Waals surface area (Å²) in [5.74, 6) is 0. The maximum atomic E-state index is 2.48. The van der Waals surface area contributed by atoms with Crippen molar-refractivity contribution < 1.29 is 4.57 Å². The van der Waals surface area contributed by atoms with E-state index >= 15 is 0 Å². The fraction of sp³-hybridized carbons (Fsp3) is 0.250. The SMILES string of the molecule is Cc1cc(-c2ccccc2)ccc1-c1c2ccc([Si](C)(C)C(C)C)cc2cc[n+]1C. The molecule has 3 aromatic carbocycles. The van der Waals surface area contributed by atoms with E-state index in [0.717, 1.165) is 5.54 Å². The first kappa shape index (κ1) is 20.6. The number of aryl methyl sites for hydroxylation is 2. The molecule has 0 bridgehead atoms. The Kier molecular flexibility index (Phi) is 5.38. The molecule has 0 atom stereocenters. The van der Waals surface area contributed by atoms with Gasteiger partial charge in [0, 0.05) is 11.6 Å². The highest BCUT2D eigenvalue weighted by molar-refractivity contribution is 6.91. The number of benzene rings is 3. The minimum atomic E-state index is -1.45. The standard InChI is InChI=1S/C28H32NSi/c1-20(2)30(5,6)25-13-15-27-24(19-25)16-17-29(4)28(27)26-14-12-23(18-21(26)3)22-10-8-7-9-11-22/h7-20H,1-6H3/q+1. The second kappa shape index (κ2) is 7.85. The molecule has 0 unspecified atom stereocenters. The zero-order valence-electron chi connectivity index (χ0n) is 19.0. The van der Waals surface area contributed by atoms with Gasteiger partial charge in [0.1, 0.15) is 7.05 Å². The zero-order valence-corrected chi connectivity index (χ0v) is 20.0. The summed E-state index contributed by atoms with van der Waals surface area (Å²) in [7, 11) is 0.706. The van der Waals surface area contributed by atoms with Crippen molar-refractivity contribution in [1.29, 1.82) is 0 Å². The predicted octanol–water partition coefficient (Wildman–Crippen LogP) is 6.63. The lowest BCUT2D eigenvalue weighted by Gasteiger charge is -2.27. The van der Waals surface area contributed by atoms with Crippen molar-refractivity contribution in [2.45, 2.75) is 39.4 Å². The molecule has 30 heavy (non-hydrogen) atoms. The maximum Gasteiger partial charge on any atom is 0.220 e. The molecule has 0 aliphatic heterocycles. The molecule has 0 saturated heterocycles. The van der Waals surface area contributed by atoms with E-state index in [4.69, 9.17) is 0 Å². The number of rotatable bonds is 4. The lowest BCUT2D eigenvalue weighted by molar-refractivity contribution is -0.659. The Morgan fingerprint density at radius 2 is 1.53 bits per heavy atom. The molecule has 1 heterocycles. The average molecular weight is 411 g/mol. The average Bonchev–Trinajstić information content (AvgIpc) is 2.74. The quantitative estimate of drug-likeness (QED) is 0.262. The van der Waals surface area contributed by atoms with Crippen molar-refractivity contribution >= 4 is 24.0 Å². The summed E-state index contributed by atoms with van der Waals surface area (Å²) >= 11 is 0. The van der Waals surface area contributed by atoms with Gasteiger partial charge in [0.25, 0.3) is 0 Å². The molecule has 152 valence electrons. The fourth-order valence-electron chi connectivity index (χ4n) is 4.18. The highest BCUT2D eigenvalue weighted by Crippen LogP contribution is 2.31. The van der Waals surface area contributed by atoms with E-state index in [2.05, 4.69) is 124 Å². The van der Waals surface area contributed by atoms with Crippen LogP contribution in [-0.2, 0) is 7.05 Å². The molecule has 1 nitrogen and oxygen atoms in total. The van der Waals surface area contributed by atoms with Crippen LogP contribution in [-0.4, -0.2) is 8.07 Å². The van der Waals surface area contributed by atoms with Gasteiger partial charge in [0.15, 0.2) is 6.20 Å². The Hall–Kier alpha value is -2.71. The minimum absolute atomic E-state index is 0.724. The van der Waals surface area contributed by atoms with Gasteiger partial charge < -0.3 is 0 Å². The molecule has 0 N–H and O–H groups in total. The molecule has 4 aromatic rings. The molecule has 0 amide bonds. The van der Waals surface area contributed by atoms with Gasteiger partial charge in [-0.3, -0.25) is 0 Å². The third-order valence-electron chi connectivity index (χ3n) is 6.91. The summed E-state index contributed by atoms with van der Waals surface area (Å²) in [5, 5.41) is 4.21. The number of hydrogen-bond acceptors (Lipinski definition) is 0. The van der Waals surface area contributed by atoms with E-state index in [1.807, 2.05) is 0 Å². The minimum Gasteiger partial charge on any atom is -0.200 e. The first-order valence-electron chi connectivity index (χ1n) is 10.9. The largest absolute Gasteiger partial charge is 0.220 e. The van der Waals surface area contributed by atoms with Crippen LogP contribution in [0.4, 0.5) is 0 Å². The van der Waals surface area contributed by atoms with Crippen molar-refractivity contribution in [3.63, 3.8) is 0 Å². The topological polar surface area (TPSA) is 3.88 Å². The molecule has 0 spiro atoms. The van der Waals surface area contributed by atoms with E-state index < -0.39 is 8.07 Å². The Morgan fingerprint density at radius 1 is 0.800 bits per heavy atom. The summed E-state index contributed by atoms with van der Waals surface area (Å²) in [6, 6.07) is 26.9. The summed E-state index contributed by atoms with van der Waals surface area (Å²) in [5.41, 5.74) is 7.16. The van der Waals surface area contributed by atoms with Crippen LogP contribution in [0, 0.1) is 6.92 Å². The Bertz CT molecular complexity index is 1210. The van der Waals surface area contributed by atoms with Crippen molar-refractivity contribution in [3.8, 4) is 22.4 Å². The summed E-state index contributed by atoms with van der Waals surface area (Å²) < 4.78 is 2.26. The van der Waals surface area contributed by atoms with E-state index in [9.17, 15) is 0 Å². The second-order valence-electron chi connectivity index (χ2n) is 9.35. The van der Waals surface area contributed by atoms with Crippen LogP contribution in [0.25, 0.3) is 33.2 Å². The normalized spacial score (nSPS) is 12.0. The summed E-state index contributed by atoms with van der Waals surface area (Å²) in [6.07, 6.45) is 2.20. The Balaban J connectivity index is 1.86. The lowest BCUT2D eigenvalue weighted by Crippen LogP contribution is -2.44. The number of pyridine rings is 1. The second-order valence-corrected chi connectivity index (χ2v) is 14.5. The van der Waals surface area contributed by atoms with E-state index in [-0.39, 0.29) is 0 Å². The van der Waals surface area contributed by atoms with Crippen LogP contribution < -0.4 is 9.75 Å². The van der Waals surface area contributed by atoms with Gasteiger partial charge >= 0.3 is 0 Å². The van der Waals surface area contributed by atoms with Crippen LogP contribution in [0.1, 0.15) is 19.4 Å². The van der Waals surface area contributed by atoms with Crippen LogP contribution in [0.15, 0.2) is 79.0 Å². The molecule has 0 aliphatic rings. The highest BCUT2D eigenvalue weighted by Gasteiger charge is 2.28. The molecule has 2 heteroatoms. The predicted molar refractivity (Wildman–Crippen MR) is 133 cm³/mol. The monoisotopic (exact) mass is 410 g/mol. The van der Waals surface area contributed by atoms with E-state index in [0.29, 0.717) is 0 Å². The zero-order chi connectivity index (χ0) is 21.5. The maximum absolute atomic E-state index is 2.48. The molecule has 0 aliphatic carbocycles. The number of nitrogens with zero attached hydrogens (tertiary/aromatic N) is 1. The first-order valence-corrected chi connectivity index (χ1v) is 14.0. The van der Waals surface area contributed by atoms with Crippen LogP contribution in [0.2, 0.25) is 18.6 Å². The van der Waals surface area contributed by atoms with Gasteiger partial charge in [-0.15, -0.1) is 0 Å². The third kappa shape index (κ3) is 3.61. The van der Waals surface area contributed by atoms with Crippen LogP contribution in [0.3, 0.4) is 0 Å². The Labute approximate surface area is 182 Å². The number of aromatic nitrogens is 1. The molecular formula is C28H32NSi+. The van der Waals surface area contributed by atoms with E-state index in [1.165, 1.54) is 38.7 Å². The molecule has 0 saturated carbocycles. The summed E-state index contributed by atoms with van der Waals surface area (Å²) in [6.45, 7) is 11.9. The molecular weight excluding hydrogens is 378 g/mol. The first-order chi connectivity index (χ1) is 14.3. The molecule has 1 aromatic heterocycles. The lowest BCUT2D eigenvalue weighted by atomic mass is 9.95. The number of hydrogen-bond donors (Lipinski definition) is 0. The number of fused-ring (bicyclic) bond motifs is 1. The van der Waals surface area contributed by atoms with Gasteiger partial charge in [-0.05, 0) is 46.7 Å². The summed E-state index contributed by atoms with van der Waals surface area (Å²) in [4.78, 5) is 0. The van der Waals surface area contributed by atoms with Crippen LogP contribution in [0.5, 0.6) is 0 Å². The van der Waals surface area contributed by atoms with Gasteiger partial charge in [-0.2, -0.15) is 0 Å². The van der Waals surface area contributed by atoms with Crippen molar-refractivity contribution in [2.75, 3.05) is 0 Å². The molecule has 4 rings (SSSR count). The Morgan fingerprint density at radius 3 is 2.20 bits per heavy atom. The van der Waals surface area contributed by atoms with Gasteiger partial charge in [-0.1, -0.05) is 86.7 Å². The fourth-order valence-corrected chi connectivity index (χ4v) is 5.89. The van der Waals surface area contributed by atoms with Crippen molar-refractivity contribution in [1.82, 2.24) is 0 Å². The van der Waals surface area contributed by atoms with Crippen LogP contribution >= 0.6 is 0 Å². The van der Waals surface area contributed by atoms with Gasteiger partial charge in [0.2, 0.25) is 5.69 Å². The van der Waals surface area contributed by atoms with Gasteiger partial charge in [0.05, 0.1) is 13.5 Å². The van der Waals surface area contributed by atoms with E-state index in [1.54, 1.807) is 5.19 Å². The van der Waals surface area contributed by atoms with Crippen molar-refractivity contribution in [2.24, 2.45) is 7.05 Å². The molecule has 0 radical (unpaired) electrons. The molecule has 0 fully saturated rings. The highest BCUT2D eigenvalue weighted by atomic mass is 28.3. The third-order valence-corrected chi connectivity index (χ3v) is 11.6. The van der Waals surface area contributed by atoms with Gasteiger partial charge in [-0.25, -0.2) is 4.57 Å². The van der Waals surface area contributed by atoms with Crippen molar-refractivity contribution in [3.05, 3.63) is 84.6 Å². The smallest absolute Gasteiger partial charge is 0.200 e.